The first-order valence-corrected chi connectivity index (χ1v) is 5.46. The number of rotatable bonds is 2. The molecule has 0 fully saturated rings. The lowest BCUT2D eigenvalue weighted by Gasteiger charge is -2.11. The van der Waals surface area contributed by atoms with Gasteiger partial charge in [0.15, 0.2) is 0 Å². The molecule has 0 saturated carbocycles. The van der Waals surface area contributed by atoms with Crippen LogP contribution in [0.5, 0.6) is 0 Å². The zero-order valence-corrected chi connectivity index (χ0v) is 9.75. The molecule has 0 spiro atoms. The predicted molar refractivity (Wildman–Crippen MR) is 69.2 cm³/mol. The molecule has 0 aromatic heterocycles. The lowest BCUT2D eigenvalue weighted by molar-refractivity contribution is 1.15. The maximum atomic E-state index is 5.83. The Morgan fingerprint density at radius 1 is 1.12 bits per heavy atom. The molecule has 2 rings (SSSR count). The minimum atomic E-state index is 0.748. The number of benzene rings is 1. The van der Waals surface area contributed by atoms with Gasteiger partial charge < -0.3 is 10.6 Å². The van der Waals surface area contributed by atoms with Crippen molar-refractivity contribution in [3.63, 3.8) is 0 Å². The van der Waals surface area contributed by atoms with Crippen LogP contribution in [-0.2, 0) is 0 Å². The van der Waals surface area contributed by atoms with Crippen LogP contribution < -0.4 is 10.6 Å². The fraction of sp³-hybridized carbons (Fsp3) is 0.0769. The average molecular weight is 233 g/mol. The van der Waals surface area contributed by atoms with Crippen molar-refractivity contribution in [1.29, 1.82) is 0 Å². The highest BCUT2D eigenvalue weighted by molar-refractivity contribution is 6.30. The minimum absolute atomic E-state index is 0.748. The Kier molecular flexibility index (Phi) is 3.32. The molecule has 0 amide bonds. The second kappa shape index (κ2) is 4.90. The summed E-state index contributed by atoms with van der Waals surface area (Å²) in [6.07, 6.45) is 7.86. The maximum absolute atomic E-state index is 5.83. The first kappa shape index (κ1) is 10.8. The molecule has 0 saturated heterocycles. The summed E-state index contributed by atoms with van der Waals surface area (Å²) in [6, 6.07) is 7.66. The van der Waals surface area contributed by atoms with Crippen molar-refractivity contribution in [2.24, 2.45) is 0 Å². The quantitative estimate of drug-likeness (QED) is 0.813. The lowest BCUT2D eigenvalue weighted by atomic mass is 10.1. The van der Waals surface area contributed by atoms with E-state index in [9.17, 15) is 0 Å². The number of dihydropyridines is 1. The van der Waals surface area contributed by atoms with Gasteiger partial charge in [0.1, 0.15) is 0 Å². The molecule has 1 aliphatic heterocycles. The fourth-order valence-corrected chi connectivity index (χ4v) is 1.58. The fourth-order valence-electron chi connectivity index (χ4n) is 1.46. The molecular weight excluding hydrogens is 220 g/mol. The van der Waals surface area contributed by atoms with Crippen LogP contribution in [0, 0.1) is 0 Å². The van der Waals surface area contributed by atoms with Crippen LogP contribution in [0.15, 0.2) is 60.1 Å². The van der Waals surface area contributed by atoms with Crippen LogP contribution in [0.4, 0.5) is 5.69 Å². The molecule has 1 aromatic rings. The zero-order chi connectivity index (χ0) is 11.4. The second-order valence-electron chi connectivity index (χ2n) is 3.55. The van der Waals surface area contributed by atoms with Crippen molar-refractivity contribution < 1.29 is 0 Å². The molecule has 1 aromatic carbocycles. The highest BCUT2D eigenvalue weighted by Crippen LogP contribution is 2.17. The molecule has 0 aliphatic carbocycles. The normalized spacial score (nSPS) is 13.5. The second-order valence-corrected chi connectivity index (χ2v) is 3.98. The van der Waals surface area contributed by atoms with Crippen molar-refractivity contribution >= 4 is 17.3 Å². The van der Waals surface area contributed by atoms with Gasteiger partial charge >= 0.3 is 0 Å². The summed E-state index contributed by atoms with van der Waals surface area (Å²) in [6.45, 7) is 2.05. The molecule has 2 nitrogen and oxygen atoms in total. The highest BCUT2D eigenvalue weighted by Gasteiger charge is 1.99. The zero-order valence-electron chi connectivity index (χ0n) is 9.00. The van der Waals surface area contributed by atoms with Gasteiger partial charge in [-0.3, -0.25) is 0 Å². The van der Waals surface area contributed by atoms with Crippen molar-refractivity contribution in [3.05, 3.63) is 65.1 Å². The number of hydrogen-bond donors (Lipinski definition) is 2. The van der Waals surface area contributed by atoms with Crippen LogP contribution >= 0.6 is 11.6 Å². The van der Waals surface area contributed by atoms with E-state index in [-0.39, 0.29) is 0 Å². The summed E-state index contributed by atoms with van der Waals surface area (Å²) in [5, 5.41) is 7.08. The molecule has 0 unspecified atom stereocenters. The van der Waals surface area contributed by atoms with E-state index in [4.69, 9.17) is 11.6 Å². The molecule has 0 bridgehead atoms. The molecule has 0 radical (unpaired) electrons. The predicted octanol–water partition coefficient (Wildman–Crippen LogP) is 3.66. The standard InChI is InChI=1S/C13H13ClN2/c1-10(11-6-8-15-9-7-11)16-13-4-2-12(14)3-5-13/h2-9,15-16H,1H3. The van der Waals surface area contributed by atoms with E-state index < -0.39 is 0 Å². The van der Waals surface area contributed by atoms with Crippen molar-refractivity contribution in [1.82, 2.24) is 5.32 Å². The third-order valence-corrected chi connectivity index (χ3v) is 2.58. The summed E-state index contributed by atoms with van der Waals surface area (Å²) >= 11 is 5.83. The number of allylic oxidation sites excluding steroid dienone is 4. The molecule has 1 heterocycles. The summed E-state index contributed by atoms with van der Waals surface area (Å²) in [5.74, 6) is 0. The number of anilines is 1. The van der Waals surface area contributed by atoms with E-state index in [2.05, 4.69) is 10.6 Å². The monoisotopic (exact) mass is 232 g/mol. The van der Waals surface area contributed by atoms with Crippen molar-refractivity contribution in [2.75, 3.05) is 5.32 Å². The molecule has 2 N–H and O–H groups in total. The third kappa shape index (κ3) is 2.67. The lowest BCUT2D eigenvalue weighted by Crippen LogP contribution is -2.03. The van der Waals surface area contributed by atoms with Crippen molar-refractivity contribution in [2.45, 2.75) is 6.92 Å². The van der Waals surface area contributed by atoms with Crippen LogP contribution in [0.25, 0.3) is 0 Å². The Morgan fingerprint density at radius 3 is 2.38 bits per heavy atom. The Balaban J connectivity index is 2.15. The van der Waals surface area contributed by atoms with Crippen LogP contribution in [0.3, 0.4) is 0 Å². The minimum Gasteiger partial charge on any atom is -0.368 e. The Labute approximate surface area is 100 Å². The maximum Gasteiger partial charge on any atom is 0.0407 e. The van der Waals surface area contributed by atoms with Gasteiger partial charge in [0.2, 0.25) is 0 Å². The van der Waals surface area contributed by atoms with Gasteiger partial charge in [0.25, 0.3) is 0 Å². The molecular formula is C13H13ClN2. The first-order chi connectivity index (χ1) is 7.75. The molecule has 0 atom stereocenters. The number of nitrogens with one attached hydrogen (secondary N) is 2. The molecule has 3 heteroatoms. The van der Waals surface area contributed by atoms with E-state index in [1.54, 1.807) is 0 Å². The summed E-state index contributed by atoms with van der Waals surface area (Å²) in [7, 11) is 0. The van der Waals surface area contributed by atoms with Gasteiger partial charge in [0.05, 0.1) is 0 Å². The summed E-state index contributed by atoms with van der Waals surface area (Å²) in [4.78, 5) is 0. The van der Waals surface area contributed by atoms with E-state index in [0.29, 0.717) is 0 Å². The average Bonchev–Trinajstić information content (AvgIpc) is 2.33. The number of hydrogen-bond acceptors (Lipinski definition) is 2. The van der Waals surface area contributed by atoms with Gasteiger partial charge in [-0.25, -0.2) is 0 Å². The Hall–Kier alpha value is -1.67. The first-order valence-electron chi connectivity index (χ1n) is 5.08. The number of halogens is 1. The van der Waals surface area contributed by atoms with E-state index in [0.717, 1.165) is 22.0 Å². The highest BCUT2D eigenvalue weighted by atomic mass is 35.5. The van der Waals surface area contributed by atoms with Crippen molar-refractivity contribution in [3.8, 4) is 0 Å². The molecule has 16 heavy (non-hydrogen) atoms. The van der Waals surface area contributed by atoms with Gasteiger partial charge in [-0.2, -0.15) is 0 Å². The van der Waals surface area contributed by atoms with E-state index in [1.807, 2.05) is 55.7 Å². The SMILES string of the molecule is CC(Nc1ccc(Cl)cc1)=C1C=CNC=C1. The van der Waals surface area contributed by atoms with Gasteiger partial charge in [-0.15, -0.1) is 0 Å². The van der Waals surface area contributed by atoms with E-state index >= 15 is 0 Å². The summed E-state index contributed by atoms with van der Waals surface area (Å²) < 4.78 is 0. The summed E-state index contributed by atoms with van der Waals surface area (Å²) in [5.41, 5.74) is 3.31. The largest absolute Gasteiger partial charge is 0.368 e. The van der Waals surface area contributed by atoms with Gasteiger partial charge in [-0.05, 0) is 48.9 Å². The van der Waals surface area contributed by atoms with Crippen LogP contribution in [0.2, 0.25) is 5.02 Å². The van der Waals surface area contributed by atoms with Gasteiger partial charge in [0, 0.05) is 28.8 Å². The van der Waals surface area contributed by atoms with Crippen LogP contribution in [0.1, 0.15) is 6.92 Å². The van der Waals surface area contributed by atoms with E-state index in [1.165, 1.54) is 0 Å². The Bertz CT molecular complexity index is 441. The van der Waals surface area contributed by atoms with Crippen LogP contribution in [-0.4, -0.2) is 0 Å². The molecule has 1 aliphatic rings. The third-order valence-electron chi connectivity index (χ3n) is 2.33. The Morgan fingerprint density at radius 2 is 1.75 bits per heavy atom. The van der Waals surface area contributed by atoms with Gasteiger partial charge in [-0.1, -0.05) is 11.6 Å². The topological polar surface area (TPSA) is 24.1 Å². The smallest absolute Gasteiger partial charge is 0.0407 e. The molecule has 82 valence electrons.